The maximum Gasteiger partial charge on any atom is 0.146 e. The van der Waals surface area contributed by atoms with Crippen LogP contribution in [0.5, 0.6) is 0 Å². The van der Waals surface area contributed by atoms with E-state index in [0.29, 0.717) is 0 Å². The van der Waals surface area contributed by atoms with Gasteiger partial charge in [-0.2, -0.15) is 0 Å². The molecule has 0 aliphatic carbocycles. The van der Waals surface area contributed by atoms with E-state index >= 15 is 0 Å². The van der Waals surface area contributed by atoms with Gasteiger partial charge in [0.2, 0.25) is 0 Å². The molecule has 11 heavy (non-hydrogen) atoms. The summed E-state index contributed by atoms with van der Waals surface area (Å²) >= 11 is 0. The summed E-state index contributed by atoms with van der Waals surface area (Å²) in [7, 11) is 0. The number of ketones is 1. The first-order valence-electron chi connectivity index (χ1n) is 2.95. The second-order valence-electron chi connectivity index (χ2n) is 1.89. The van der Waals surface area contributed by atoms with Crippen molar-refractivity contribution in [1.29, 1.82) is 0 Å². The number of carbonyl (C=O) groups excluding carboxylic acids is 3. The smallest absolute Gasteiger partial charge is 0.146 e. The third-order valence-corrected chi connectivity index (χ3v) is 1.14. The first-order valence-corrected chi connectivity index (χ1v) is 2.95. The molecule has 0 saturated carbocycles. The van der Waals surface area contributed by atoms with Gasteiger partial charge < -0.3 is 19.8 Å². The monoisotopic (exact) mass is 158 g/mol. The maximum absolute atomic E-state index is 10.6. The normalized spacial score (nSPS) is 9.64. The lowest BCUT2D eigenvalue weighted by molar-refractivity contribution is -0.328. The summed E-state index contributed by atoms with van der Waals surface area (Å²) in [6.45, 7) is 1.36. The number of carboxylic acid groups (broad SMARTS) is 2. The van der Waals surface area contributed by atoms with Crippen molar-refractivity contribution in [1.82, 2.24) is 0 Å². The zero-order valence-electron chi connectivity index (χ0n) is 5.83. The Morgan fingerprint density at radius 2 is 1.55 bits per heavy atom. The Morgan fingerprint density at radius 3 is 1.64 bits per heavy atom. The molecular weight excluding hydrogens is 152 g/mol. The molecule has 0 spiro atoms. The molecule has 62 valence electrons. The quantitative estimate of drug-likeness (QED) is 0.408. The van der Waals surface area contributed by atoms with E-state index < -0.39 is 23.6 Å². The van der Waals surface area contributed by atoms with E-state index in [0.717, 1.165) is 0 Å². The predicted octanol–water partition coefficient (Wildman–Crippen LogP) is -2.92. The summed E-state index contributed by atoms with van der Waals surface area (Å²) < 4.78 is 0. The Morgan fingerprint density at radius 1 is 1.18 bits per heavy atom. The second kappa shape index (κ2) is 3.70. The number of rotatable bonds is 4. The van der Waals surface area contributed by atoms with E-state index in [1.807, 2.05) is 0 Å². The number of carboxylic acids is 2. The van der Waals surface area contributed by atoms with Crippen molar-refractivity contribution >= 4 is 17.7 Å². The van der Waals surface area contributed by atoms with Crippen LogP contribution in [-0.4, -0.2) is 17.7 Å². The number of carbonyl (C=O) groups is 3. The molecule has 5 heteroatoms. The maximum atomic E-state index is 10.6. The lowest BCUT2D eigenvalue weighted by Crippen LogP contribution is -2.47. The highest BCUT2D eigenvalue weighted by Gasteiger charge is 2.18. The highest BCUT2D eigenvalue weighted by Crippen LogP contribution is 1.98. The Hall–Kier alpha value is -1.39. The highest BCUT2D eigenvalue weighted by molar-refractivity contribution is 6.12. The summed E-state index contributed by atoms with van der Waals surface area (Å²) in [6, 6.07) is 0. The summed E-state index contributed by atoms with van der Waals surface area (Å²) in [6.07, 6.45) is -0.160. The van der Waals surface area contributed by atoms with Crippen LogP contribution in [0.25, 0.3) is 0 Å². The zero-order chi connectivity index (χ0) is 9.02. The van der Waals surface area contributed by atoms with Gasteiger partial charge in [-0.25, -0.2) is 0 Å². The third kappa shape index (κ3) is 2.37. The van der Waals surface area contributed by atoms with Crippen LogP contribution in [0.4, 0.5) is 0 Å². The van der Waals surface area contributed by atoms with Crippen molar-refractivity contribution in [2.45, 2.75) is 13.3 Å². The summed E-state index contributed by atoms with van der Waals surface area (Å²) in [5.41, 5.74) is 0. The SMILES string of the molecule is CCC(=O)C(C(=O)[O-])C(=O)[O-]. The van der Waals surface area contributed by atoms with Crippen LogP contribution >= 0.6 is 0 Å². The van der Waals surface area contributed by atoms with E-state index in [1.165, 1.54) is 6.92 Å². The fraction of sp³-hybridized carbons (Fsp3) is 0.500. The Balaban J connectivity index is 4.47. The molecule has 0 fully saturated rings. The molecule has 0 amide bonds. The molecule has 0 bridgehead atoms. The van der Waals surface area contributed by atoms with Gasteiger partial charge >= 0.3 is 0 Å². The van der Waals surface area contributed by atoms with Crippen molar-refractivity contribution in [3.8, 4) is 0 Å². The van der Waals surface area contributed by atoms with Crippen molar-refractivity contribution in [3.05, 3.63) is 0 Å². The average molecular weight is 158 g/mol. The first-order chi connectivity index (χ1) is 5.00. The van der Waals surface area contributed by atoms with Gasteiger partial charge in [0.05, 0.1) is 17.9 Å². The van der Waals surface area contributed by atoms with Gasteiger partial charge in [0.1, 0.15) is 5.78 Å². The van der Waals surface area contributed by atoms with E-state index in [-0.39, 0.29) is 6.42 Å². The number of aliphatic carboxylic acids is 2. The van der Waals surface area contributed by atoms with Gasteiger partial charge in [-0.1, -0.05) is 6.92 Å². The topological polar surface area (TPSA) is 97.3 Å². The van der Waals surface area contributed by atoms with Gasteiger partial charge in [-0.05, 0) is 0 Å². The molecule has 0 rings (SSSR count). The Kier molecular flexibility index (Phi) is 3.23. The second-order valence-corrected chi connectivity index (χ2v) is 1.89. The molecule has 0 aliphatic heterocycles. The summed E-state index contributed by atoms with van der Waals surface area (Å²) in [4.78, 5) is 30.5. The van der Waals surface area contributed by atoms with Crippen LogP contribution in [0.1, 0.15) is 13.3 Å². The van der Waals surface area contributed by atoms with Gasteiger partial charge in [0.15, 0.2) is 0 Å². The molecule has 0 heterocycles. The van der Waals surface area contributed by atoms with Crippen LogP contribution in [-0.2, 0) is 14.4 Å². The lowest BCUT2D eigenvalue weighted by Gasteiger charge is -2.16. The summed E-state index contributed by atoms with van der Waals surface area (Å²) in [5.74, 6) is -6.88. The van der Waals surface area contributed by atoms with Gasteiger partial charge in [-0.3, -0.25) is 4.79 Å². The molecular formula is C6H6O5-2. The van der Waals surface area contributed by atoms with Crippen LogP contribution in [0.3, 0.4) is 0 Å². The standard InChI is InChI=1S/C6H8O5/c1-2-3(7)4(5(8)9)6(10)11/h4H,2H2,1H3,(H,8,9)(H,10,11)/p-2. The minimum Gasteiger partial charge on any atom is -0.549 e. The lowest BCUT2D eigenvalue weighted by atomic mass is 10.0. The zero-order valence-corrected chi connectivity index (χ0v) is 5.83. The molecule has 0 aromatic rings. The molecule has 0 radical (unpaired) electrons. The molecule has 0 saturated heterocycles. The summed E-state index contributed by atoms with van der Waals surface area (Å²) in [5, 5.41) is 20.0. The molecule has 0 aromatic heterocycles. The van der Waals surface area contributed by atoms with E-state index in [2.05, 4.69) is 0 Å². The van der Waals surface area contributed by atoms with E-state index in [1.54, 1.807) is 0 Å². The highest BCUT2D eigenvalue weighted by atomic mass is 16.4. The van der Waals surface area contributed by atoms with Gasteiger partial charge in [-0.15, -0.1) is 0 Å². The minimum absolute atomic E-state index is 0.160. The number of hydrogen-bond donors (Lipinski definition) is 0. The fourth-order valence-electron chi connectivity index (χ4n) is 0.563. The molecule has 0 N–H and O–H groups in total. The molecule has 0 unspecified atom stereocenters. The fourth-order valence-corrected chi connectivity index (χ4v) is 0.563. The van der Waals surface area contributed by atoms with Crippen LogP contribution in [0, 0.1) is 5.92 Å². The minimum atomic E-state index is -2.13. The number of hydrogen-bond acceptors (Lipinski definition) is 5. The predicted molar refractivity (Wildman–Crippen MR) is 28.8 cm³/mol. The number of Topliss-reactive ketones (excluding diaryl/α,β-unsaturated/α-hetero) is 1. The van der Waals surface area contributed by atoms with Crippen molar-refractivity contribution in [3.63, 3.8) is 0 Å². The van der Waals surface area contributed by atoms with Gasteiger partial charge in [0.25, 0.3) is 0 Å². The van der Waals surface area contributed by atoms with Crippen LogP contribution in [0.2, 0.25) is 0 Å². The van der Waals surface area contributed by atoms with Crippen molar-refractivity contribution in [2.75, 3.05) is 0 Å². The molecule has 0 aliphatic rings. The average Bonchev–Trinajstić information content (AvgIpc) is 1.85. The Bertz CT molecular complexity index is 181. The molecule has 0 aromatic carbocycles. The van der Waals surface area contributed by atoms with E-state index in [9.17, 15) is 24.6 Å². The van der Waals surface area contributed by atoms with Crippen LogP contribution in [0.15, 0.2) is 0 Å². The molecule has 0 atom stereocenters. The van der Waals surface area contributed by atoms with Gasteiger partial charge in [0, 0.05) is 6.42 Å². The van der Waals surface area contributed by atoms with Crippen LogP contribution < -0.4 is 10.2 Å². The first kappa shape index (κ1) is 9.61. The van der Waals surface area contributed by atoms with Crippen molar-refractivity contribution < 1.29 is 24.6 Å². The van der Waals surface area contributed by atoms with Crippen molar-refractivity contribution in [2.24, 2.45) is 5.92 Å². The largest absolute Gasteiger partial charge is 0.549 e. The van der Waals surface area contributed by atoms with E-state index in [4.69, 9.17) is 0 Å². The Labute approximate surface area is 62.6 Å². The molecule has 5 nitrogen and oxygen atoms in total. The third-order valence-electron chi connectivity index (χ3n) is 1.14.